The van der Waals surface area contributed by atoms with Crippen LogP contribution in [0.25, 0.3) is 11.0 Å². The highest BCUT2D eigenvalue weighted by Gasteiger charge is 2.23. The minimum Gasteiger partial charge on any atom is -0.339 e. The third kappa shape index (κ3) is 4.80. The Labute approximate surface area is 193 Å². The number of amides is 2. The summed E-state index contributed by atoms with van der Waals surface area (Å²) in [7, 11) is 0. The number of nitrogens with zero attached hydrogens (tertiary/aromatic N) is 4. The number of imidazole rings is 1. The number of piperazine rings is 1. The Balaban J connectivity index is 1.55. The van der Waals surface area contributed by atoms with Gasteiger partial charge >= 0.3 is 0 Å². The number of benzene rings is 2. The number of aryl methyl sites for hydroxylation is 3. The number of halogens is 1. The highest BCUT2D eigenvalue weighted by molar-refractivity contribution is 6.30. The largest absolute Gasteiger partial charge is 0.339 e. The van der Waals surface area contributed by atoms with E-state index in [0.717, 1.165) is 22.4 Å². The summed E-state index contributed by atoms with van der Waals surface area (Å²) < 4.78 is 2.17. The van der Waals surface area contributed by atoms with Gasteiger partial charge in [0.2, 0.25) is 11.8 Å². The molecule has 32 heavy (non-hydrogen) atoms. The average Bonchev–Trinajstić information content (AvgIpc) is 3.08. The first-order chi connectivity index (χ1) is 15.3. The van der Waals surface area contributed by atoms with E-state index in [9.17, 15) is 9.59 Å². The molecule has 0 atom stereocenters. The molecule has 1 saturated heterocycles. The lowest BCUT2D eigenvalue weighted by Gasteiger charge is -2.34. The van der Waals surface area contributed by atoms with E-state index in [4.69, 9.17) is 16.6 Å². The van der Waals surface area contributed by atoms with Gasteiger partial charge in [0.15, 0.2) is 0 Å². The van der Waals surface area contributed by atoms with Crippen molar-refractivity contribution in [1.82, 2.24) is 19.4 Å². The highest BCUT2D eigenvalue weighted by atomic mass is 35.5. The molecule has 1 aliphatic rings. The first-order valence-electron chi connectivity index (χ1n) is 11.1. The summed E-state index contributed by atoms with van der Waals surface area (Å²) in [6, 6.07) is 12.1. The summed E-state index contributed by atoms with van der Waals surface area (Å²) in [5.74, 6) is 1.12. The standard InChI is InChI=1S/C25H29ClN4O2/c1-17-13-22-23(14-18(17)2)30(24(27-22)16-20-5-4-6-21(26)15-20)8-7-25(32)29-11-9-28(10-12-29)19(3)31/h4-6,13-15H,7-12,16H2,1-3H3. The van der Waals surface area contributed by atoms with Gasteiger partial charge in [0.05, 0.1) is 11.0 Å². The number of rotatable bonds is 5. The van der Waals surface area contributed by atoms with Crippen LogP contribution in [0.15, 0.2) is 36.4 Å². The normalized spacial score (nSPS) is 14.2. The summed E-state index contributed by atoms with van der Waals surface area (Å²) in [6.07, 6.45) is 1.06. The molecule has 0 bridgehead atoms. The molecule has 0 N–H and O–H groups in total. The highest BCUT2D eigenvalue weighted by Crippen LogP contribution is 2.24. The van der Waals surface area contributed by atoms with Crippen molar-refractivity contribution in [2.24, 2.45) is 0 Å². The van der Waals surface area contributed by atoms with Crippen LogP contribution in [-0.2, 0) is 22.6 Å². The van der Waals surface area contributed by atoms with Gasteiger partial charge in [-0.25, -0.2) is 4.98 Å². The van der Waals surface area contributed by atoms with Crippen molar-refractivity contribution in [2.45, 2.75) is 40.2 Å². The maximum absolute atomic E-state index is 12.9. The third-order valence-corrected chi connectivity index (χ3v) is 6.56. The van der Waals surface area contributed by atoms with Gasteiger partial charge in [-0.1, -0.05) is 23.7 Å². The lowest BCUT2D eigenvalue weighted by atomic mass is 10.1. The molecular formula is C25H29ClN4O2. The molecule has 0 spiro atoms. The van der Waals surface area contributed by atoms with Crippen molar-refractivity contribution in [3.05, 3.63) is 63.9 Å². The van der Waals surface area contributed by atoms with Gasteiger partial charge in [0.1, 0.15) is 5.82 Å². The molecule has 1 fully saturated rings. The molecule has 2 heterocycles. The smallest absolute Gasteiger partial charge is 0.224 e. The van der Waals surface area contributed by atoms with E-state index in [2.05, 4.69) is 30.5 Å². The van der Waals surface area contributed by atoms with Crippen LogP contribution in [0.1, 0.15) is 35.9 Å². The molecule has 0 radical (unpaired) electrons. The van der Waals surface area contributed by atoms with Crippen LogP contribution in [-0.4, -0.2) is 57.3 Å². The first-order valence-corrected chi connectivity index (χ1v) is 11.4. The minimum atomic E-state index is 0.0679. The number of aromatic nitrogens is 2. The lowest BCUT2D eigenvalue weighted by Crippen LogP contribution is -2.50. The van der Waals surface area contributed by atoms with Crippen LogP contribution in [0.5, 0.6) is 0 Å². The van der Waals surface area contributed by atoms with Crippen molar-refractivity contribution in [2.75, 3.05) is 26.2 Å². The van der Waals surface area contributed by atoms with E-state index in [1.807, 2.05) is 29.2 Å². The monoisotopic (exact) mass is 452 g/mol. The predicted octanol–water partition coefficient (Wildman–Crippen LogP) is 3.98. The Morgan fingerprint density at radius 3 is 2.38 bits per heavy atom. The van der Waals surface area contributed by atoms with Gasteiger partial charge in [-0.3, -0.25) is 9.59 Å². The maximum atomic E-state index is 12.9. The molecule has 6 nitrogen and oxygen atoms in total. The van der Waals surface area contributed by atoms with Gasteiger partial charge in [-0.2, -0.15) is 0 Å². The predicted molar refractivity (Wildman–Crippen MR) is 127 cm³/mol. The fourth-order valence-corrected chi connectivity index (χ4v) is 4.49. The Bertz CT molecular complexity index is 1160. The Morgan fingerprint density at radius 2 is 1.69 bits per heavy atom. The third-order valence-electron chi connectivity index (χ3n) is 6.32. The quantitative estimate of drug-likeness (QED) is 0.588. The molecule has 2 amide bonds. The fourth-order valence-electron chi connectivity index (χ4n) is 4.28. The zero-order valence-electron chi connectivity index (χ0n) is 18.9. The van der Waals surface area contributed by atoms with Gasteiger partial charge in [0.25, 0.3) is 0 Å². The summed E-state index contributed by atoms with van der Waals surface area (Å²) in [6.45, 7) is 8.74. The average molecular weight is 453 g/mol. The first kappa shape index (κ1) is 22.3. The molecule has 168 valence electrons. The molecule has 0 aliphatic carbocycles. The molecule has 2 aromatic carbocycles. The van der Waals surface area contributed by atoms with Crippen LogP contribution in [0, 0.1) is 13.8 Å². The number of hydrogen-bond donors (Lipinski definition) is 0. The van der Waals surface area contributed by atoms with E-state index in [-0.39, 0.29) is 11.8 Å². The number of hydrogen-bond acceptors (Lipinski definition) is 3. The van der Waals surface area contributed by atoms with E-state index < -0.39 is 0 Å². The molecule has 1 aliphatic heterocycles. The van der Waals surface area contributed by atoms with E-state index >= 15 is 0 Å². The van der Waals surface area contributed by atoms with Crippen molar-refractivity contribution in [3.63, 3.8) is 0 Å². The summed E-state index contributed by atoms with van der Waals surface area (Å²) in [4.78, 5) is 33.0. The molecule has 7 heteroatoms. The summed E-state index contributed by atoms with van der Waals surface area (Å²) in [5, 5.41) is 0.705. The Morgan fingerprint density at radius 1 is 1.00 bits per heavy atom. The molecule has 0 saturated carbocycles. The van der Waals surface area contributed by atoms with Crippen LogP contribution in [0.3, 0.4) is 0 Å². The molecule has 1 aromatic heterocycles. The van der Waals surface area contributed by atoms with E-state index in [1.165, 1.54) is 11.1 Å². The Kier molecular flexibility index (Phi) is 6.51. The lowest BCUT2D eigenvalue weighted by molar-refractivity contribution is -0.138. The maximum Gasteiger partial charge on any atom is 0.224 e. The molecule has 0 unspecified atom stereocenters. The number of carbonyl (C=O) groups is 2. The summed E-state index contributed by atoms with van der Waals surface area (Å²) >= 11 is 6.19. The number of fused-ring (bicyclic) bond motifs is 1. The van der Waals surface area contributed by atoms with Gasteiger partial charge < -0.3 is 14.4 Å². The zero-order chi connectivity index (χ0) is 22.8. The zero-order valence-corrected chi connectivity index (χ0v) is 19.7. The number of carbonyl (C=O) groups excluding carboxylic acids is 2. The van der Waals surface area contributed by atoms with Gasteiger partial charge in [0, 0.05) is 57.5 Å². The molecule has 3 aromatic rings. The second kappa shape index (κ2) is 9.33. The SMILES string of the molecule is CC(=O)N1CCN(C(=O)CCn2c(Cc3cccc(Cl)c3)nc3cc(C)c(C)cc32)CC1. The van der Waals surface area contributed by atoms with Crippen LogP contribution < -0.4 is 0 Å². The van der Waals surface area contributed by atoms with Crippen molar-refractivity contribution in [1.29, 1.82) is 0 Å². The van der Waals surface area contributed by atoms with Crippen molar-refractivity contribution in [3.8, 4) is 0 Å². The van der Waals surface area contributed by atoms with Crippen molar-refractivity contribution >= 4 is 34.4 Å². The summed E-state index contributed by atoms with van der Waals surface area (Å²) in [5.41, 5.74) is 5.51. The van der Waals surface area contributed by atoms with Gasteiger partial charge in [-0.15, -0.1) is 0 Å². The second-order valence-electron chi connectivity index (χ2n) is 8.55. The fraction of sp³-hybridized carbons (Fsp3) is 0.400. The van der Waals surface area contributed by atoms with Crippen LogP contribution in [0.4, 0.5) is 0 Å². The van der Waals surface area contributed by atoms with E-state index in [1.54, 1.807) is 11.8 Å². The van der Waals surface area contributed by atoms with E-state index in [0.29, 0.717) is 50.6 Å². The second-order valence-corrected chi connectivity index (χ2v) is 8.98. The van der Waals surface area contributed by atoms with Gasteiger partial charge in [-0.05, 0) is 54.8 Å². The van der Waals surface area contributed by atoms with Crippen molar-refractivity contribution < 1.29 is 9.59 Å². The molecular weight excluding hydrogens is 424 g/mol. The van der Waals surface area contributed by atoms with Crippen LogP contribution in [0.2, 0.25) is 5.02 Å². The topological polar surface area (TPSA) is 58.4 Å². The molecule has 4 rings (SSSR count). The minimum absolute atomic E-state index is 0.0679. The Hall–Kier alpha value is -2.86. The van der Waals surface area contributed by atoms with Crippen LogP contribution >= 0.6 is 11.6 Å².